The van der Waals surface area contributed by atoms with Crippen molar-refractivity contribution in [1.82, 2.24) is 4.57 Å². The molecule has 4 aromatic carbocycles. The van der Waals surface area contributed by atoms with Gasteiger partial charge in [0.15, 0.2) is 0 Å². The Hall–Kier alpha value is -3.17. The fraction of sp³-hybridized carbons (Fsp3) is 0.0400. The van der Waals surface area contributed by atoms with Crippen LogP contribution < -0.4 is 5.30 Å². The molecule has 0 atom stereocenters. The molecule has 0 radical (unpaired) electrons. The summed E-state index contributed by atoms with van der Waals surface area (Å²) in [5.74, 6) is 0. The van der Waals surface area contributed by atoms with E-state index in [0.717, 1.165) is 27.8 Å². The molecule has 148 valence electrons. The predicted octanol–water partition coefficient (Wildman–Crippen LogP) is 5.56. The Morgan fingerprint density at radius 2 is 1.40 bits per heavy atom. The number of aryl methyl sites for hydroxylation is 1. The van der Waals surface area contributed by atoms with Crippen molar-refractivity contribution in [3.05, 3.63) is 96.6 Å². The molecule has 1 heterocycles. The maximum absolute atomic E-state index is 11.7. The molecule has 0 fully saturated rings. The quantitative estimate of drug-likeness (QED) is 0.381. The highest BCUT2D eigenvalue weighted by atomic mass is 31.2. The zero-order valence-corrected chi connectivity index (χ0v) is 17.3. The minimum atomic E-state index is -4.30. The summed E-state index contributed by atoms with van der Waals surface area (Å²) >= 11 is 0. The van der Waals surface area contributed by atoms with Crippen LogP contribution in [0.3, 0.4) is 0 Å². The summed E-state index contributed by atoms with van der Waals surface area (Å²) in [5, 5.41) is 2.42. The number of hydrogen-bond acceptors (Lipinski definition) is 1. The third-order valence-corrected chi connectivity index (χ3v) is 6.40. The van der Waals surface area contributed by atoms with Crippen LogP contribution in [0.4, 0.5) is 0 Å². The van der Waals surface area contributed by atoms with E-state index in [1.165, 1.54) is 22.4 Å². The average Bonchev–Trinajstić information content (AvgIpc) is 3.07. The molecule has 0 amide bonds. The van der Waals surface area contributed by atoms with E-state index in [-0.39, 0.29) is 5.30 Å². The second-order valence-electron chi connectivity index (χ2n) is 7.52. The van der Waals surface area contributed by atoms with Gasteiger partial charge in [-0.05, 0) is 60.0 Å². The van der Waals surface area contributed by atoms with Crippen molar-refractivity contribution >= 4 is 34.7 Å². The van der Waals surface area contributed by atoms with Crippen LogP contribution in [0, 0.1) is 6.92 Å². The van der Waals surface area contributed by atoms with E-state index in [4.69, 9.17) is 0 Å². The number of benzene rings is 4. The minimum Gasteiger partial charge on any atom is -0.321 e. The molecular formula is C25H20NO3P. The van der Waals surface area contributed by atoms with Gasteiger partial charge in [-0.15, -0.1) is 0 Å². The lowest BCUT2D eigenvalue weighted by atomic mass is 10.1. The molecule has 0 saturated carbocycles. The summed E-state index contributed by atoms with van der Waals surface area (Å²) in [4.78, 5) is 19.1. The SMILES string of the molecule is Cc1ccc2c3ccccc3n(-c3cccc(-c4cccc(P(=O)(O)O)c4)c3)c2c1. The van der Waals surface area contributed by atoms with Crippen molar-refractivity contribution in [1.29, 1.82) is 0 Å². The Kier molecular flexibility index (Phi) is 4.37. The van der Waals surface area contributed by atoms with Crippen molar-refractivity contribution < 1.29 is 14.4 Å². The van der Waals surface area contributed by atoms with Crippen molar-refractivity contribution in [3.8, 4) is 16.8 Å². The summed E-state index contributed by atoms with van der Waals surface area (Å²) in [7, 11) is -4.30. The molecule has 0 unspecified atom stereocenters. The maximum Gasteiger partial charge on any atom is 0.356 e. The van der Waals surface area contributed by atoms with Crippen molar-refractivity contribution in [3.63, 3.8) is 0 Å². The van der Waals surface area contributed by atoms with Gasteiger partial charge in [0, 0.05) is 16.5 Å². The lowest BCUT2D eigenvalue weighted by molar-refractivity contribution is 0.387. The first-order valence-electron chi connectivity index (χ1n) is 9.69. The lowest BCUT2D eigenvalue weighted by Gasteiger charge is -2.11. The molecule has 0 aliphatic rings. The smallest absolute Gasteiger partial charge is 0.321 e. The molecule has 4 nitrogen and oxygen atoms in total. The minimum absolute atomic E-state index is 0.0258. The fourth-order valence-electron chi connectivity index (χ4n) is 4.05. The molecule has 0 saturated heterocycles. The molecule has 0 spiro atoms. The summed E-state index contributed by atoms with van der Waals surface area (Å²) < 4.78 is 13.9. The van der Waals surface area contributed by atoms with Crippen LogP contribution in [0.1, 0.15) is 5.56 Å². The Balaban J connectivity index is 1.75. The van der Waals surface area contributed by atoms with Crippen LogP contribution in [0.25, 0.3) is 38.6 Å². The summed E-state index contributed by atoms with van der Waals surface area (Å²) in [6, 6.07) is 29.5. The number of hydrogen-bond donors (Lipinski definition) is 2. The molecular weight excluding hydrogens is 393 g/mol. The van der Waals surface area contributed by atoms with E-state index in [0.29, 0.717) is 0 Å². The van der Waals surface area contributed by atoms with E-state index in [9.17, 15) is 14.4 Å². The van der Waals surface area contributed by atoms with Gasteiger partial charge >= 0.3 is 7.60 Å². The molecule has 0 bridgehead atoms. The zero-order chi connectivity index (χ0) is 20.9. The summed E-state index contributed by atoms with van der Waals surface area (Å²) in [6.45, 7) is 2.09. The first-order chi connectivity index (χ1) is 14.4. The molecule has 0 aliphatic carbocycles. The second kappa shape index (κ2) is 6.96. The Labute approximate surface area is 174 Å². The Bertz CT molecular complexity index is 1460. The molecule has 5 heteroatoms. The Morgan fingerprint density at radius 1 is 0.700 bits per heavy atom. The second-order valence-corrected chi connectivity index (χ2v) is 9.12. The third kappa shape index (κ3) is 3.16. The van der Waals surface area contributed by atoms with Crippen molar-refractivity contribution in [2.45, 2.75) is 6.92 Å². The van der Waals surface area contributed by atoms with E-state index in [1.54, 1.807) is 12.1 Å². The number of rotatable bonds is 3. The van der Waals surface area contributed by atoms with E-state index in [1.807, 2.05) is 24.3 Å². The van der Waals surface area contributed by atoms with Gasteiger partial charge in [-0.1, -0.05) is 54.6 Å². The first-order valence-corrected chi connectivity index (χ1v) is 11.3. The highest BCUT2D eigenvalue weighted by molar-refractivity contribution is 7.60. The summed E-state index contributed by atoms with van der Waals surface area (Å²) in [6.07, 6.45) is 0. The standard InChI is InChI=1S/C25H20NO3P/c1-17-12-13-23-22-10-2-3-11-24(22)26(25(23)14-17)20-8-4-6-18(15-20)19-7-5-9-21(16-19)30(27,28)29/h2-16H,1H3,(H2,27,28,29). The maximum atomic E-state index is 11.7. The third-order valence-electron chi connectivity index (χ3n) is 5.45. The van der Waals surface area contributed by atoms with Gasteiger partial charge < -0.3 is 14.4 Å². The largest absolute Gasteiger partial charge is 0.356 e. The topological polar surface area (TPSA) is 62.5 Å². The zero-order valence-electron chi connectivity index (χ0n) is 16.4. The van der Waals surface area contributed by atoms with Crippen LogP contribution in [-0.4, -0.2) is 14.4 Å². The monoisotopic (exact) mass is 413 g/mol. The van der Waals surface area contributed by atoms with E-state index < -0.39 is 7.60 Å². The van der Waals surface area contributed by atoms with Gasteiger partial charge in [0.05, 0.1) is 16.3 Å². The number of para-hydroxylation sites is 1. The van der Waals surface area contributed by atoms with E-state index >= 15 is 0 Å². The number of nitrogens with zero attached hydrogens (tertiary/aromatic N) is 1. The van der Waals surface area contributed by atoms with Gasteiger partial charge in [0.1, 0.15) is 0 Å². The van der Waals surface area contributed by atoms with Crippen LogP contribution in [0.2, 0.25) is 0 Å². The van der Waals surface area contributed by atoms with Crippen LogP contribution in [0.5, 0.6) is 0 Å². The average molecular weight is 413 g/mol. The Morgan fingerprint density at radius 3 is 2.20 bits per heavy atom. The van der Waals surface area contributed by atoms with Gasteiger partial charge in [-0.25, -0.2) is 0 Å². The highest BCUT2D eigenvalue weighted by Gasteiger charge is 2.17. The van der Waals surface area contributed by atoms with Gasteiger partial charge in [-0.2, -0.15) is 0 Å². The van der Waals surface area contributed by atoms with Gasteiger partial charge in [-0.3, -0.25) is 4.57 Å². The normalized spacial score (nSPS) is 12.0. The molecule has 2 N–H and O–H groups in total. The lowest BCUT2D eigenvalue weighted by Crippen LogP contribution is -2.03. The molecule has 0 aliphatic heterocycles. The van der Waals surface area contributed by atoms with Gasteiger partial charge in [0.2, 0.25) is 0 Å². The first kappa shape index (κ1) is 18.8. The predicted molar refractivity (Wildman–Crippen MR) is 123 cm³/mol. The van der Waals surface area contributed by atoms with Crippen LogP contribution in [0.15, 0.2) is 91.0 Å². The van der Waals surface area contributed by atoms with Crippen molar-refractivity contribution in [2.75, 3.05) is 0 Å². The number of aromatic nitrogens is 1. The molecule has 30 heavy (non-hydrogen) atoms. The molecule has 1 aromatic heterocycles. The summed E-state index contributed by atoms with van der Waals surface area (Å²) in [5.41, 5.74) is 6.13. The van der Waals surface area contributed by atoms with Crippen LogP contribution in [-0.2, 0) is 4.57 Å². The molecule has 5 rings (SSSR count). The van der Waals surface area contributed by atoms with Gasteiger partial charge in [0.25, 0.3) is 0 Å². The van der Waals surface area contributed by atoms with Crippen LogP contribution >= 0.6 is 7.60 Å². The fourth-order valence-corrected chi connectivity index (χ4v) is 4.64. The highest BCUT2D eigenvalue weighted by Crippen LogP contribution is 2.36. The number of fused-ring (bicyclic) bond motifs is 3. The molecule has 5 aromatic rings. The van der Waals surface area contributed by atoms with E-state index in [2.05, 4.69) is 60.0 Å². The van der Waals surface area contributed by atoms with Crippen molar-refractivity contribution in [2.24, 2.45) is 0 Å².